The van der Waals surface area contributed by atoms with Gasteiger partial charge in [0.25, 0.3) is 0 Å². The number of nitrogens with one attached hydrogen (secondary N) is 1. The maximum atomic E-state index is 5.99. The summed E-state index contributed by atoms with van der Waals surface area (Å²) >= 11 is 1.72. The second kappa shape index (κ2) is 5.88. The minimum Gasteiger partial charge on any atom is -0.479 e. The summed E-state index contributed by atoms with van der Waals surface area (Å²) in [5.41, 5.74) is 6.42. The molecule has 2 rings (SSSR count). The molecule has 0 saturated heterocycles. The van der Waals surface area contributed by atoms with Crippen molar-refractivity contribution in [3.63, 3.8) is 0 Å². The minimum absolute atomic E-state index is 0.168. The number of rotatable bonds is 5. The molecule has 0 aliphatic rings. The summed E-state index contributed by atoms with van der Waals surface area (Å²) in [5, 5.41) is 5.44. The van der Waals surface area contributed by atoms with Crippen LogP contribution in [0.1, 0.15) is 24.8 Å². The van der Waals surface area contributed by atoms with Gasteiger partial charge in [0.1, 0.15) is 12.0 Å². The van der Waals surface area contributed by atoms with Crippen molar-refractivity contribution in [3.8, 4) is 5.88 Å². The summed E-state index contributed by atoms with van der Waals surface area (Å²) in [6.07, 6.45) is 1.45. The zero-order chi connectivity index (χ0) is 13.8. The number of thiophene rings is 1. The SMILES string of the molecule is COc1ncnc(NC(c2cccs2)C(C)C)c1N. The molecule has 6 heteroatoms. The Labute approximate surface area is 116 Å². The molecule has 0 aromatic carbocycles. The summed E-state index contributed by atoms with van der Waals surface area (Å²) in [6, 6.07) is 4.32. The fraction of sp³-hybridized carbons (Fsp3) is 0.385. The molecule has 0 spiro atoms. The first kappa shape index (κ1) is 13.6. The van der Waals surface area contributed by atoms with Crippen LogP contribution in [0.5, 0.6) is 5.88 Å². The van der Waals surface area contributed by atoms with Crippen molar-refractivity contribution in [1.82, 2.24) is 9.97 Å². The molecular formula is C13H18N4OS. The second-order valence-corrected chi connectivity index (χ2v) is 5.51. The van der Waals surface area contributed by atoms with Gasteiger partial charge in [-0.05, 0) is 17.4 Å². The van der Waals surface area contributed by atoms with E-state index in [1.165, 1.54) is 11.2 Å². The maximum absolute atomic E-state index is 5.99. The molecule has 0 radical (unpaired) electrons. The van der Waals surface area contributed by atoms with E-state index < -0.39 is 0 Å². The quantitative estimate of drug-likeness (QED) is 0.879. The van der Waals surface area contributed by atoms with E-state index in [2.05, 4.69) is 40.6 Å². The zero-order valence-electron chi connectivity index (χ0n) is 11.3. The predicted molar refractivity (Wildman–Crippen MR) is 78.5 cm³/mol. The monoisotopic (exact) mass is 278 g/mol. The lowest BCUT2D eigenvalue weighted by molar-refractivity contribution is 0.399. The van der Waals surface area contributed by atoms with Gasteiger partial charge in [-0.3, -0.25) is 0 Å². The van der Waals surface area contributed by atoms with E-state index in [0.717, 1.165) is 0 Å². The molecule has 1 unspecified atom stereocenters. The fourth-order valence-corrected chi connectivity index (χ4v) is 2.79. The Balaban J connectivity index is 2.28. The van der Waals surface area contributed by atoms with Gasteiger partial charge < -0.3 is 15.8 Å². The van der Waals surface area contributed by atoms with Crippen molar-refractivity contribution >= 4 is 22.8 Å². The van der Waals surface area contributed by atoms with E-state index in [1.54, 1.807) is 18.4 Å². The van der Waals surface area contributed by atoms with Gasteiger partial charge in [-0.1, -0.05) is 19.9 Å². The number of hydrogen-bond acceptors (Lipinski definition) is 6. The number of hydrogen-bond donors (Lipinski definition) is 2. The van der Waals surface area contributed by atoms with Crippen molar-refractivity contribution in [3.05, 3.63) is 28.7 Å². The van der Waals surface area contributed by atoms with Gasteiger partial charge in [0.15, 0.2) is 5.82 Å². The Morgan fingerprint density at radius 2 is 2.16 bits per heavy atom. The maximum Gasteiger partial charge on any atom is 0.242 e. The lowest BCUT2D eigenvalue weighted by Crippen LogP contribution is -2.17. The zero-order valence-corrected chi connectivity index (χ0v) is 12.1. The second-order valence-electron chi connectivity index (χ2n) is 4.53. The van der Waals surface area contributed by atoms with E-state index in [9.17, 15) is 0 Å². The molecule has 1 atom stereocenters. The summed E-state index contributed by atoms with van der Waals surface area (Å²) in [4.78, 5) is 9.43. The van der Waals surface area contributed by atoms with Gasteiger partial charge in [0.05, 0.1) is 13.2 Å². The summed E-state index contributed by atoms with van der Waals surface area (Å²) in [6.45, 7) is 4.32. The molecule has 0 amide bonds. The van der Waals surface area contributed by atoms with Gasteiger partial charge in [-0.2, -0.15) is 4.98 Å². The number of aromatic nitrogens is 2. The third kappa shape index (κ3) is 2.96. The van der Waals surface area contributed by atoms with Gasteiger partial charge >= 0.3 is 0 Å². The van der Waals surface area contributed by atoms with E-state index >= 15 is 0 Å². The molecule has 2 aromatic heterocycles. The fourth-order valence-electron chi connectivity index (χ4n) is 1.84. The topological polar surface area (TPSA) is 73.1 Å². The number of nitrogens with zero attached hydrogens (tertiary/aromatic N) is 2. The van der Waals surface area contributed by atoms with Crippen LogP contribution in [0.2, 0.25) is 0 Å². The lowest BCUT2D eigenvalue weighted by atomic mass is 10.0. The van der Waals surface area contributed by atoms with Crippen molar-refractivity contribution < 1.29 is 4.74 Å². The predicted octanol–water partition coefficient (Wildman–Crippen LogP) is 2.94. The first-order valence-corrected chi connectivity index (χ1v) is 6.95. The number of nitrogens with two attached hydrogens (primary N) is 1. The van der Waals surface area contributed by atoms with E-state index in [-0.39, 0.29) is 6.04 Å². The minimum atomic E-state index is 0.168. The summed E-state index contributed by atoms with van der Waals surface area (Å²) in [7, 11) is 1.54. The van der Waals surface area contributed by atoms with Crippen LogP contribution in [0, 0.1) is 5.92 Å². The van der Waals surface area contributed by atoms with Crippen molar-refractivity contribution in [2.24, 2.45) is 5.92 Å². The number of ether oxygens (including phenoxy) is 1. The first-order chi connectivity index (χ1) is 9.13. The average Bonchev–Trinajstić information content (AvgIpc) is 2.90. The molecular weight excluding hydrogens is 260 g/mol. The molecule has 0 aliphatic heterocycles. The highest BCUT2D eigenvalue weighted by Gasteiger charge is 2.19. The Bertz CT molecular complexity index is 527. The van der Waals surface area contributed by atoms with Crippen LogP contribution < -0.4 is 15.8 Å². The summed E-state index contributed by atoms with van der Waals surface area (Å²) in [5.74, 6) is 1.42. The number of methoxy groups -OCH3 is 1. The highest BCUT2D eigenvalue weighted by molar-refractivity contribution is 7.10. The molecule has 19 heavy (non-hydrogen) atoms. The number of nitrogen functional groups attached to an aromatic ring is 1. The molecule has 5 nitrogen and oxygen atoms in total. The van der Waals surface area contributed by atoms with E-state index in [1.807, 2.05) is 6.07 Å². The van der Waals surface area contributed by atoms with Crippen LogP contribution in [0.4, 0.5) is 11.5 Å². The highest BCUT2D eigenvalue weighted by Crippen LogP contribution is 2.32. The van der Waals surface area contributed by atoms with Crippen LogP contribution in [0.25, 0.3) is 0 Å². The molecule has 0 saturated carbocycles. The Morgan fingerprint density at radius 1 is 1.37 bits per heavy atom. The lowest BCUT2D eigenvalue weighted by Gasteiger charge is -2.22. The Hall–Kier alpha value is -1.82. The van der Waals surface area contributed by atoms with E-state index in [0.29, 0.717) is 23.3 Å². The van der Waals surface area contributed by atoms with Crippen molar-refractivity contribution in [1.29, 1.82) is 0 Å². The molecule has 0 aliphatic carbocycles. The molecule has 102 valence electrons. The molecule has 2 aromatic rings. The first-order valence-electron chi connectivity index (χ1n) is 6.08. The van der Waals surface area contributed by atoms with E-state index in [4.69, 9.17) is 10.5 Å². The number of anilines is 2. The van der Waals surface area contributed by atoms with Crippen LogP contribution in [0.3, 0.4) is 0 Å². The van der Waals surface area contributed by atoms with Crippen molar-refractivity contribution in [2.45, 2.75) is 19.9 Å². The highest BCUT2D eigenvalue weighted by atomic mass is 32.1. The Morgan fingerprint density at radius 3 is 2.74 bits per heavy atom. The van der Waals surface area contributed by atoms with Gasteiger partial charge in [-0.25, -0.2) is 4.98 Å². The molecule has 2 heterocycles. The molecule has 3 N–H and O–H groups in total. The van der Waals surface area contributed by atoms with Gasteiger partial charge in [-0.15, -0.1) is 11.3 Å². The third-order valence-electron chi connectivity index (χ3n) is 2.85. The smallest absolute Gasteiger partial charge is 0.242 e. The largest absolute Gasteiger partial charge is 0.479 e. The van der Waals surface area contributed by atoms with Gasteiger partial charge in [0.2, 0.25) is 5.88 Å². The van der Waals surface area contributed by atoms with Crippen LogP contribution in [-0.2, 0) is 0 Å². The summed E-state index contributed by atoms with van der Waals surface area (Å²) < 4.78 is 5.10. The third-order valence-corrected chi connectivity index (χ3v) is 3.80. The van der Waals surface area contributed by atoms with Crippen LogP contribution in [0.15, 0.2) is 23.8 Å². The standard InChI is InChI=1S/C13H18N4OS/c1-8(2)11(9-5-4-6-19-9)17-12-10(14)13(18-3)16-7-15-12/h4-8,11H,14H2,1-3H3,(H,15,16,17). The van der Waals surface area contributed by atoms with Crippen LogP contribution in [-0.4, -0.2) is 17.1 Å². The normalized spacial score (nSPS) is 12.4. The molecule has 0 fully saturated rings. The van der Waals surface area contributed by atoms with Crippen molar-refractivity contribution in [2.75, 3.05) is 18.2 Å². The van der Waals surface area contributed by atoms with Gasteiger partial charge in [0, 0.05) is 4.88 Å². The molecule has 0 bridgehead atoms. The average molecular weight is 278 g/mol. The Kier molecular flexibility index (Phi) is 4.21. The van der Waals surface area contributed by atoms with Crippen LogP contribution >= 0.6 is 11.3 Å².